The van der Waals surface area contributed by atoms with Crippen LogP contribution < -0.4 is 14.3 Å². The minimum absolute atomic E-state index is 0.00410. The van der Waals surface area contributed by atoms with Crippen LogP contribution in [-0.4, -0.2) is 29.3 Å². The Labute approximate surface area is 227 Å². The zero-order chi connectivity index (χ0) is 27.3. The van der Waals surface area contributed by atoms with Crippen LogP contribution in [0, 0.1) is 6.92 Å². The lowest BCUT2D eigenvalue weighted by Gasteiger charge is -2.25. The Kier molecular flexibility index (Phi) is 8.05. The number of anilines is 3. The van der Waals surface area contributed by atoms with Gasteiger partial charge in [0.05, 0.1) is 15.5 Å². The summed E-state index contributed by atoms with van der Waals surface area (Å²) in [6.45, 7) is 1.19. The molecule has 0 fully saturated rings. The highest BCUT2D eigenvalue weighted by atomic mass is 35.5. The van der Waals surface area contributed by atoms with E-state index in [0.717, 1.165) is 4.31 Å². The van der Waals surface area contributed by atoms with E-state index in [1.807, 2.05) is 0 Å². The summed E-state index contributed by atoms with van der Waals surface area (Å²) in [6.07, 6.45) is 0. The van der Waals surface area contributed by atoms with E-state index in [9.17, 15) is 21.6 Å². The summed E-state index contributed by atoms with van der Waals surface area (Å²) < 4.78 is 55.8. The number of rotatable bonds is 9. The molecule has 0 saturated heterocycles. The number of amides is 1. The van der Waals surface area contributed by atoms with Crippen LogP contribution in [0.4, 0.5) is 17.1 Å². The molecule has 0 aliphatic carbocycles. The van der Waals surface area contributed by atoms with Gasteiger partial charge in [-0.3, -0.25) is 13.8 Å². The first-order valence-corrected chi connectivity index (χ1v) is 14.7. The van der Waals surface area contributed by atoms with E-state index in [1.54, 1.807) is 73.7 Å². The number of carbonyl (C=O) groups excluding carboxylic acids is 1. The van der Waals surface area contributed by atoms with Crippen LogP contribution >= 0.6 is 11.6 Å². The second-order valence-electron chi connectivity index (χ2n) is 8.30. The molecule has 0 unspecified atom stereocenters. The van der Waals surface area contributed by atoms with Crippen LogP contribution in [-0.2, 0) is 24.8 Å². The van der Waals surface area contributed by atoms with Crippen LogP contribution in [0.2, 0.25) is 5.02 Å². The third kappa shape index (κ3) is 6.34. The van der Waals surface area contributed by atoms with Crippen molar-refractivity contribution in [3.8, 4) is 0 Å². The molecule has 0 aromatic heterocycles. The third-order valence-electron chi connectivity index (χ3n) is 5.52. The molecule has 2 N–H and O–H groups in total. The molecule has 0 heterocycles. The number of hydrogen-bond acceptors (Lipinski definition) is 5. The lowest BCUT2D eigenvalue weighted by molar-refractivity contribution is -0.114. The number of para-hydroxylation sites is 1. The Hall–Kier alpha value is -3.86. The fourth-order valence-corrected chi connectivity index (χ4v) is 6.48. The van der Waals surface area contributed by atoms with Gasteiger partial charge in [-0.1, -0.05) is 48.0 Å². The molecule has 38 heavy (non-hydrogen) atoms. The van der Waals surface area contributed by atoms with Crippen LogP contribution in [0.3, 0.4) is 0 Å². The summed E-state index contributed by atoms with van der Waals surface area (Å²) >= 11 is 6.06. The number of nitrogens with zero attached hydrogens (tertiary/aromatic N) is 1. The van der Waals surface area contributed by atoms with Gasteiger partial charge in [-0.05, 0) is 79.2 Å². The average molecular weight is 570 g/mol. The molecule has 0 spiro atoms. The second-order valence-corrected chi connectivity index (χ2v) is 12.3. The molecular weight excluding hydrogens is 546 g/mol. The first kappa shape index (κ1) is 27.2. The van der Waals surface area contributed by atoms with E-state index in [2.05, 4.69) is 10.0 Å². The molecule has 0 saturated carbocycles. The molecule has 0 aliphatic heterocycles. The van der Waals surface area contributed by atoms with Gasteiger partial charge >= 0.3 is 0 Å². The van der Waals surface area contributed by atoms with E-state index in [1.165, 1.54) is 36.4 Å². The van der Waals surface area contributed by atoms with E-state index in [-0.39, 0.29) is 9.79 Å². The van der Waals surface area contributed by atoms with Crippen molar-refractivity contribution in [1.82, 2.24) is 0 Å². The summed E-state index contributed by atoms with van der Waals surface area (Å²) in [7, 11) is -7.92. The van der Waals surface area contributed by atoms with Crippen LogP contribution in [0.25, 0.3) is 0 Å². The number of hydrogen-bond donors (Lipinski definition) is 2. The van der Waals surface area contributed by atoms with Crippen LogP contribution in [0.1, 0.15) is 5.56 Å². The standard InChI is InChI=1S/C27H24ClN3O5S2/c1-20-18-21(28)12-17-26(20)31(38(35,36)25-10-6-3-7-11-25)19-27(32)29-22-13-15-24(16-14-22)37(33,34)30-23-8-4-2-5-9-23/h2-18,30H,19H2,1H3,(H,29,32). The lowest BCUT2D eigenvalue weighted by atomic mass is 10.2. The zero-order valence-corrected chi connectivity index (χ0v) is 22.6. The molecule has 4 aromatic rings. The molecule has 11 heteroatoms. The first-order chi connectivity index (χ1) is 18.1. The Bertz CT molecular complexity index is 1650. The van der Waals surface area contributed by atoms with Crippen molar-refractivity contribution < 1.29 is 21.6 Å². The van der Waals surface area contributed by atoms with Gasteiger partial charge in [0.1, 0.15) is 6.54 Å². The summed E-state index contributed by atoms with van der Waals surface area (Å²) in [6, 6.07) is 26.5. The minimum Gasteiger partial charge on any atom is -0.325 e. The smallest absolute Gasteiger partial charge is 0.264 e. The van der Waals surface area contributed by atoms with Crippen LogP contribution in [0.5, 0.6) is 0 Å². The zero-order valence-electron chi connectivity index (χ0n) is 20.2. The van der Waals surface area contributed by atoms with Crippen molar-refractivity contribution in [2.45, 2.75) is 16.7 Å². The maximum Gasteiger partial charge on any atom is 0.264 e. The molecule has 0 bridgehead atoms. The number of aryl methyl sites for hydroxylation is 1. The fourth-order valence-electron chi connectivity index (χ4n) is 3.69. The number of sulfonamides is 2. The number of carbonyl (C=O) groups is 1. The molecular formula is C27H24ClN3O5S2. The summed E-state index contributed by atoms with van der Waals surface area (Å²) in [5.41, 5.74) is 1.60. The fraction of sp³-hybridized carbons (Fsp3) is 0.0741. The maximum atomic E-state index is 13.5. The SMILES string of the molecule is Cc1cc(Cl)ccc1N(CC(=O)Nc1ccc(S(=O)(=O)Nc2ccccc2)cc1)S(=O)(=O)c1ccccc1. The molecule has 4 rings (SSSR count). The van der Waals surface area contributed by atoms with Gasteiger partial charge in [0.2, 0.25) is 5.91 Å². The van der Waals surface area contributed by atoms with Crippen molar-refractivity contribution in [3.05, 3.63) is 114 Å². The van der Waals surface area contributed by atoms with E-state index >= 15 is 0 Å². The second kappa shape index (κ2) is 11.3. The normalized spacial score (nSPS) is 11.5. The minimum atomic E-state index is -4.09. The monoisotopic (exact) mass is 569 g/mol. The van der Waals surface area contributed by atoms with Gasteiger partial charge in [0.25, 0.3) is 20.0 Å². The molecule has 0 radical (unpaired) electrons. The Morgan fingerprint density at radius 2 is 1.37 bits per heavy atom. The van der Waals surface area contributed by atoms with E-state index in [4.69, 9.17) is 11.6 Å². The highest BCUT2D eigenvalue weighted by Crippen LogP contribution is 2.29. The molecule has 4 aromatic carbocycles. The summed E-state index contributed by atoms with van der Waals surface area (Å²) in [5, 5.41) is 3.07. The van der Waals surface area contributed by atoms with Crippen molar-refractivity contribution >= 4 is 54.6 Å². The first-order valence-electron chi connectivity index (χ1n) is 11.4. The van der Waals surface area contributed by atoms with Gasteiger partial charge in [-0.2, -0.15) is 0 Å². The predicted octanol–water partition coefficient (Wildman–Crippen LogP) is 5.28. The largest absolute Gasteiger partial charge is 0.325 e. The number of nitrogens with one attached hydrogen (secondary N) is 2. The van der Waals surface area contributed by atoms with Crippen molar-refractivity contribution in [3.63, 3.8) is 0 Å². The number of halogens is 1. The van der Waals surface area contributed by atoms with Gasteiger partial charge in [0, 0.05) is 16.4 Å². The Morgan fingerprint density at radius 3 is 1.97 bits per heavy atom. The van der Waals surface area contributed by atoms with Crippen molar-refractivity contribution in [2.75, 3.05) is 20.9 Å². The molecule has 8 nitrogen and oxygen atoms in total. The summed E-state index contributed by atoms with van der Waals surface area (Å²) in [5.74, 6) is -0.614. The highest BCUT2D eigenvalue weighted by molar-refractivity contribution is 7.93. The van der Waals surface area contributed by atoms with Gasteiger partial charge in [-0.15, -0.1) is 0 Å². The topological polar surface area (TPSA) is 113 Å². The Morgan fingerprint density at radius 1 is 0.763 bits per heavy atom. The average Bonchev–Trinajstić information content (AvgIpc) is 2.89. The highest BCUT2D eigenvalue weighted by Gasteiger charge is 2.28. The molecule has 0 atom stereocenters. The van der Waals surface area contributed by atoms with Gasteiger partial charge in [-0.25, -0.2) is 16.8 Å². The van der Waals surface area contributed by atoms with Crippen LogP contribution in [0.15, 0.2) is 113 Å². The van der Waals surface area contributed by atoms with E-state index in [0.29, 0.717) is 27.6 Å². The lowest BCUT2D eigenvalue weighted by Crippen LogP contribution is -2.38. The van der Waals surface area contributed by atoms with Crippen molar-refractivity contribution in [2.24, 2.45) is 0 Å². The van der Waals surface area contributed by atoms with Gasteiger partial charge in [0.15, 0.2) is 0 Å². The molecule has 0 aliphatic rings. The summed E-state index contributed by atoms with van der Waals surface area (Å²) in [4.78, 5) is 13.0. The van der Waals surface area contributed by atoms with E-state index < -0.39 is 32.5 Å². The maximum absolute atomic E-state index is 13.5. The molecule has 1 amide bonds. The number of benzene rings is 4. The van der Waals surface area contributed by atoms with Gasteiger partial charge < -0.3 is 5.32 Å². The predicted molar refractivity (Wildman–Crippen MR) is 149 cm³/mol. The quantitative estimate of drug-likeness (QED) is 0.285. The van der Waals surface area contributed by atoms with Crippen molar-refractivity contribution in [1.29, 1.82) is 0 Å². The Balaban J connectivity index is 1.55. The molecule has 196 valence electrons. The third-order valence-corrected chi connectivity index (χ3v) is 8.93.